The summed E-state index contributed by atoms with van der Waals surface area (Å²) in [6.07, 6.45) is 16.7. The van der Waals surface area contributed by atoms with Crippen molar-refractivity contribution in [2.45, 2.75) is 85.7 Å². The van der Waals surface area contributed by atoms with Crippen molar-refractivity contribution >= 4 is 54.6 Å². The molecule has 232 valence electrons. The molecule has 2 fully saturated rings. The van der Waals surface area contributed by atoms with E-state index in [0.29, 0.717) is 35.2 Å². The van der Waals surface area contributed by atoms with Crippen molar-refractivity contribution in [2.75, 3.05) is 14.2 Å². The second kappa shape index (κ2) is 11.9. The fourth-order valence-electron chi connectivity index (χ4n) is 9.40. The zero-order valence-electron chi connectivity index (χ0n) is 25.8. The Labute approximate surface area is 278 Å². The lowest BCUT2D eigenvalue weighted by molar-refractivity contribution is -0.125. The Balaban J connectivity index is 0.000000142. The molecule has 2 aromatic carbocycles. The van der Waals surface area contributed by atoms with Crippen LogP contribution in [0.4, 0.5) is 0 Å². The molecule has 8 rings (SSSR count). The van der Waals surface area contributed by atoms with Gasteiger partial charge in [0.25, 0.3) is 0 Å². The Morgan fingerprint density at radius 2 is 1.07 bits per heavy atom. The van der Waals surface area contributed by atoms with Crippen molar-refractivity contribution in [1.29, 1.82) is 0 Å². The summed E-state index contributed by atoms with van der Waals surface area (Å²) in [5.74, 6) is 4.69. The van der Waals surface area contributed by atoms with E-state index in [1.165, 1.54) is 46.2 Å². The van der Waals surface area contributed by atoms with Crippen LogP contribution in [-0.2, 0) is 22.4 Å². The first kappa shape index (κ1) is 30.5. The monoisotopic (exact) mass is 720 g/mol. The van der Waals surface area contributed by atoms with Crippen molar-refractivity contribution in [3.8, 4) is 11.5 Å². The summed E-state index contributed by atoms with van der Waals surface area (Å²) >= 11 is 7.70. The predicted octanol–water partition coefficient (Wildman–Crippen LogP) is 9.10. The molecule has 0 radical (unpaired) electrons. The van der Waals surface area contributed by atoms with E-state index in [1.54, 1.807) is 14.2 Å². The first-order chi connectivity index (χ1) is 21.3. The van der Waals surface area contributed by atoms with Crippen LogP contribution in [0.3, 0.4) is 0 Å². The number of Topliss-reactive ketones (excluding diaryl/α,β-unsaturated/α-hetero) is 2. The van der Waals surface area contributed by atoms with Crippen LogP contribution in [0.25, 0.3) is 11.1 Å². The molecule has 6 aliphatic carbocycles. The number of ether oxygens (including phenoxy) is 2. The van der Waals surface area contributed by atoms with E-state index in [0.717, 1.165) is 75.7 Å². The molecule has 0 aromatic heterocycles. The van der Waals surface area contributed by atoms with Gasteiger partial charge in [-0.15, -0.1) is 0 Å². The van der Waals surface area contributed by atoms with Gasteiger partial charge in [0.2, 0.25) is 0 Å². The number of halogens is 2. The van der Waals surface area contributed by atoms with Crippen molar-refractivity contribution in [1.82, 2.24) is 0 Å². The van der Waals surface area contributed by atoms with Gasteiger partial charge in [0, 0.05) is 12.8 Å². The molecular weight excluding hydrogens is 680 g/mol. The molecule has 4 nitrogen and oxygen atoms in total. The standard InChI is InChI=1S/2C19H21BrO2/c2*1-22-13-6-8-14-12(11-13)5-7-16-15(14)9-10-19(20)17(16)3-2-4-18(19)21/h2*6,8-9,11,16-17H,2-5,7,10H2,1H3/t2*16-,17-,19-/m00/s1. The Hall–Kier alpha value is -2.18. The minimum Gasteiger partial charge on any atom is -0.497 e. The molecule has 0 unspecified atom stereocenters. The molecular formula is C38H42Br2O4. The summed E-state index contributed by atoms with van der Waals surface area (Å²) in [6, 6.07) is 12.9. The predicted molar refractivity (Wildman–Crippen MR) is 183 cm³/mol. The summed E-state index contributed by atoms with van der Waals surface area (Å²) < 4.78 is 10.1. The first-order valence-electron chi connectivity index (χ1n) is 16.5. The van der Waals surface area contributed by atoms with E-state index in [1.807, 2.05) is 0 Å². The number of ketones is 2. The van der Waals surface area contributed by atoms with Gasteiger partial charge in [-0.3, -0.25) is 9.59 Å². The molecule has 2 aromatic rings. The zero-order valence-corrected chi connectivity index (χ0v) is 29.0. The summed E-state index contributed by atoms with van der Waals surface area (Å²) in [5, 5.41) is 0. The van der Waals surface area contributed by atoms with Gasteiger partial charge < -0.3 is 9.47 Å². The highest BCUT2D eigenvalue weighted by Crippen LogP contribution is 2.56. The molecule has 44 heavy (non-hydrogen) atoms. The van der Waals surface area contributed by atoms with Crippen molar-refractivity contribution in [2.24, 2.45) is 23.7 Å². The Bertz CT molecular complexity index is 1440. The third-order valence-corrected chi connectivity index (χ3v) is 14.4. The normalized spacial score (nSPS) is 33.4. The molecule has 0 heterocycles. The molecule has 0 saturated heterocycles. The van der Waals surface area contributed by atoms with Crippen LogP contribution in [0.15, 0.2) is 48.6 Å². The summed E-state index contributed by atoms with van der Waals surface area (Å²) in [4.78, 5) is 24.9. The number of methoxy groups -OCH3 is 2. The molecule has 0 N–H and O–H groups in total. The minimum absolute atomic E-state index is 0.288. The second-order valence-corrected chi connectivity index (χ2v) is 16.5. The van der Waals surface area contributed by atoms with E-state index < -0.39 is 0 Å². The summed E-state index contributed by atoms with van der Waals surface area (Å²) in [6.45, 7) is 0. The van der Waals surface area contributed by atoms with E-state index in [9.17, 15) is 9.59 Å². The third kappa shape index (κ3) is 4.98. The Morgan fingerprint density at radius 1 is 0.636 bits per heavy atom. The third-order valence-electron chi connectivity index (χ3n) is 11.6. The maximum atomic E-state index is 12.5. The molecule has 2 saturated carbocycles. The van der Waals surface area contributed by atoms with E-state index in [2.05, 4.69) is 80.4 Å². The van der Waals surface area contributed by atoms with Gasteiger partial charge in [-0.05, 0) is 146 Å². The number of hydrogen-bond acceptors (Lipinski definition) is 4. The highest BCUT2D eigenvalue weighted by molar-refractivity contribution is 9.10. The number of allylic oxidation sites excluding steroid dienone is 4. The van der Waals surface area contributed by atoms with Crippen molar-refractivity contribution in [3.05, 3.63) is 70.8 Å². The van der Waals surface area contributed by atoms with Crippen LogP contribution in [0, 0.1) is 23.7 Å². The average Bonchev–Trinajstić information content (AvgIpc) is 3.05. The number of benzene rings is 2. The maximum Gasteiger partial charge on any atom is 0.150 e. The van der Waals surface area contributed by atoms with Gasteiger partial charge in [0.1, 0.15) is 23.1 Å². The number of alkyl halides is 2. The molecule has 6 heteroatoms. The lowest BCUT2D eigenvalue weighted by Crippen LogP contribution is -2.49. The quantitative estimate of drug-likeness (QED) is 0.291. The fraction of sp³-hybridized carbons (Fsp3) is 0.526. The lowest BCUT2D eigenvalue weighted by Gasteiger charge is -2.48. The van der Waals surface area contributed by atoms with E-state index in [4.69, 9.17) is 9.47 Å². The maximum absolute atomic E-state index is 12.5. The van der Waals surface area contributed by atoms with Crippen molar-refractivity contribution in [3.63, 3.8) is 0 Å². The van der Waals surface area contributed by atoms with Gasteiger partial charge in [-0.2, -0.15) is 0 Å². The highest BCUT2D eigenvalue weighted by Gasteiger charge is 2.52. The topological polar surface area (TPSA) is 52.6 Å². The van der Waals surface area contributed by atoms with Gasteiger partial charge in [-0.25, -0.2) is 0 Å². The SMILES string of the molecule is COc1ccc2c(c1)CC[C@H]1C2=CC[C@@]2(Br)C(=O)CCC[C@@H]12.COc1ccc2c(c1)CC[C@H]1C2=CC[C@@]2(Br)C(=O)CCC[C@@H]12. The number of fused-ring (bicyclic) bond motifs is 10. The van der Waals surface area contributed by atoms with E-state index in [-0.39, 0.29) is 8.65 Å². The van der Waals surface area contributed by atoms with E-state index >= 15 is 0 Å². The number of rotatable bonds is 2. The molecule has 6 atom stereocenters. The average molecular weight is 723 g/mol. The number of aryl methyl sites for hydroxylation is 2. The molecule has 0 bridgehead atoms. The largest absolute Gasteiger partial charge is 0.497 e. The van der Waals surface area contributed by atoms with Gasteiger partial charge in [0.15, 0.2) is 0 Å². The zero-order chi connectivity index (χ0) is 30.6. The summed E-state index contributed by atoms with van der Waals surface area (Å²) in [7, 11) is 3.44. The lowest BCUT2D eigenvalue weighted by atomic mass is 9.60. The van der Waals surface area contributed by atoms with Crippen LogP contribution in [0.2, 0.25) is 0 Å². The van der Waals surface area contributed by atoms with Gasteiger partial charge in [0.05, 0.1) is 22.9 Å². The van der Waals surface area contributed by atoms with Crippen LogP contribution in [0.5, 0.6) is 11.5 Å². The van der Waals surface area contributed by atoms with Gasteiger partial charge >= 0.3 is 0 Å². The molecule has 6 aliphatic rings. The first-order valence-corrected chi connectivity index (χ1v) is 18.0. The molecule has 0 spiro atoms. The summed E-state index contributed by atoms with van der Waals surface area (Å²) in [5.41, 5.74) is 8.49. The molecule has 0 amide bonds. The van der Waals surface area contributed by atoms with Crippen LogP contribution < -0.4 is 9.47 Å². The minimum atomic E-state index is -0.288. The van der Waals surface area contributed by atoms with Crippen LogP contribution in [0.1, 0.15) is 86.5 Å². The van der Waals surface area contributed by atoms with Crippen LogP contribution >= 0.6 is 31.9 Å². The fourth-order valence-corrected chi connectivity index (χ4v) is 11.2. The Morgan fingerprint density at radius 3 is 1.48 bits per heavy atom. The Kier molecular flexibility index (Phi) is 8.23. The number of carbonyl (C=O) groups excluding carboxylic acids is 2. The molecule has 0 aliphatic heterocycles. The smallest absolute Gasteiger partial charge is 0.150 e. The second-order valence-electron chi connectivity index (χ2n) is 13.6. The number of hydrogen-bond donors (Lipinski definition) is 0. The highest BCUT2D eigenvalue weighted by atomic mass is 79.9. The van der Waals surface area contributed by atoms with Crippen molar-refractivity contribution < 1.29 is 19.1 Å². The van der Waals surface area contributed by atoms with Gasteiger partial charge in [-0.1, -0.05) is 56.1 Å². The number of carbonyl (C=O) groups is 2. The van der Waals surface area contributed by atoms with Crippen LogP contribution in [-0.4, -0.2) is 34.4 Å².